The lowest BCUT2D eigenvalue weighted by Gasteiger charge is -2.18. The van der Waals surface area contributed by atoms with E-state index in [2.05, 4.69) is 25.8 Å². The molecule has 1 aromatic rings. The number of hydrogen-bond acceptors (Lipinski definition) is 3. The van der Waals surface area contributed by atoms with Gasteiger partial charge in [0.2, 0.25) is 0 Å². The predicted molar refractivity (Wildman–Crippen MR) is 66.3 cm³/mol. The topological polar surface area (TPSA) is 22.1 Å². The quantitative estimate of drug-likeness (QED) is 0.756. The molecular weight excluding hydrogens is 230 g/mol. The molecule has 0 aromatic carbocycles. The van der Waals surface area contributed by atoms with E-state index in [4.69, 9.17) is 15.8 Å². The summed E-state index contributed by atoms with van der Waals surface area (Å²) >= 11 is 7.37. The Morgan fingerprint density at radius 2 is 2.07 bits per heavy atom. The summed E-state index contributed by atoms with van der Waals surface area (Å²) in [6, 6.07) is 3.75. The summed E-state index contributed by atoms with van der Waals surface area (Å²) in [7, 11) is 0. The van der Waals surface area contributed by atoms with Crippen LogP contribution >= 0.6 is 23.6 Å². The summed E-state index contributed by atoms with van der Waals surface area (Å²) in [5, 5.41) is 0.717. The van der Waals surface area contributed by atoms with Crippen LogP contribution < -0.4 is 0 Å². The van der Waals surface area contributed by atoms with Crippen LogP contribution in [0.3, 0.4) is 0 Å². The van der Waals surface area contributed by atoms with E-state index < -0.39 is 0 Å². The van der Waals surface area contributed by atoms with Crippen molar-refractivity contribution in [1.29, 1.82) is 0 Å². The number of aromatic nitrogens is 1. The van der Waals surface area contributed by atoms with Gasteiger partial charge in [-0.15, -0.1) is 0 Å². The second-order valence-electron chi connectivity index (χ2n) is 4.34. The zero-order valence-corrected chi connectivity index (χ0v) is 11.1. The van der Waals surface area contributed by atoms with Crippen LogP contribution in [0.2, 0.25) is 5.02 Å². The standard InChI is InChI=1S/C11H16ClNOS/c1-11(2,3)10-6-8(12)5-9(13-10)7-14-15-4/h5-6H,7H2,1-4H3. The van der Waals surface area contributed by atoms with Crippen molar-refractivity contribution in [2.24, 2.45) is 0 Å². The second-order valence-corrected chi connectivity index (χ2v) is 5.35. The molecule has 0 bridgehead atoms. The number of rotatable bonds is 3. The van der Waals surface area contributed by atoms with E-state index in [1.54, 1.807) is 0 Å². The van der Waals surface area contributed by atoms with Gasteiger partial charge >= 0.3 is 0 Å². The molecule has 0 saturated heterocycles. The van der Waals surface area contributed by atoms with Gasteiger partial charge in [0.05, 0.1) is 5.69 Å². The number of nitrogens with zero attached hydrogens (tertiary/aromatic N) is 1. The van der Waals surface area contributed by atoms with Crippen LogP contribution in [0.1, 0.15) is 32.2 Å². The molecule has 1 heterocycles. The highest BCUT2D eigenvalue weighted by atomic mass is 35.5. The van der Waals surface area contributed by atoms with Crippen molar-refractivity contribution >= 4 is 23.6 Å². The van der Waals surface area contributed by atoms with Gasteiger partial charge in [-0.2, -0.15) is 0 Å². The van der Waals surface area contributed by atoms with Crippen LogP contribution in [0.4, 0.5) is 0 Å². The van der Waals surface area contributed by atoms with Crippen LogP contribution in [0.5, 0.6) is 0 Å². The first-order chi connectivity index (χ1) is 6.93. The second kappa shape index (κ2) is 5.19. The summed E-state index contributed by atoms with van der Waals surface area (Å²) in [5.41, 5.74) is 1.88. The Morgan fingerprint density at radius 3 is 2.60 bits per heavy atom. The van der Waals surface area contributed by atoms with E-state index in [1.807, 2.05) is 18.4 Å². The lowest BCUT2D eigenvalue weighted by Crippen LogP contribution is -2.14. The third kappa shape index (κ3) is 4.01. The molecule has 0 spiro atoms. The van der Waals surface area contributed by atoms with E-state index in [0.29, 0.717) is 6.61 Å². The molecule has 2 nitrogen and oxygen atoms in total. The van der Waals surface area contributed by atoms with Gasteiger partial charge in [-0.05, 0) is 24.2 Å². The van der Waals surface area contributed by atoms with Crippen LogP contribution in [-0.2, 0) is 16.2 Å². The Kier molecular flexibility index (Phi) is 4.44. The SMILES string of the molecule is CSOCc1cc(Cl)cc(C(C)(C)C)n1. The Bertz CT molecular complexity index is 336. The normalized spacial score (nSPS) is 11.8. The molecule has 4 heteroatoms. The van der Waals surface area contributed by atoms with Gasteiger partial charge < -0.3 is 4.18 Å². The number of pyridine rings is 1. The van der Waals surface area contributed by atoms with E-state index in [-0.39, 0.29) is 5.41 Å². The summed E-state index contributed by atoms with van der Waals surface area (Å²) in [6.07, 6.45) is 1.88. The first-order valence-electron chi connectivity index (χ1n) is 4.76. The lowest BCUT2D eigenvalue weighted by molar-refractivity contribution is 0.358. The van der Waals surface area contributed by atoms with Crippen LogP contribution in [-0.4, -0.2) is 11.2 Å². The van der Waals surface area contributed by atoms with Crippen molar-refractivity contribution in [2.45, 2.75) is 32.8 Å². The molecule has 0 saturated carbocycles. The summed E-state index contributed by atoms with van der Waals surface area (Å²) < 4.78 is 5.24. The maximum absolute atomic E-state index is 6.03. The van der Waals surface area contributed by atoms with Crippen molar-refractivity contribution in [3.05, 3.63) is 28.5 Å². The molecule has 0 aliphatic rings. The third-order valence-corrected chi connectivity index (χ3v) is 2.51. The predicted octanol–water partition coefficient (Wildman–Crippen LogP) is 3.83. The monoisotopic (exact) mass is 245 g/mol. The molecule has 1 rings (SSSR count). The van der Waals surface area contributed by atoms with Gasteiger partial charge in [0.25, 0.3) is 0 Å². The van der Waals surface area contributed by atoms with E-state index in [0.717, 1.165) is 16.4 Å². The van der Waals surface area contributed by atoms with Gasteiger partial charge in [0.1, 0.15) is 6.61 Å². The van der Waals surface area contributed by atoms with E-state index >= 15 is 0 Å². The minimum Gasteiger partial charge on any atom is -0.309 e. The molecule has 0 aliphatic carbocycles. The number of halogens is 1. The van der Waals surface area contributed by atoms with Gasteiger partial charge in [-0.1, -0.05) is 32.4 Å². The molecule has 0 aliphatic heterocycles. The maximum atomic E-state index is 6.03. The van der Waals surface area contributed by atoms with Gasteiger partial charge in [-0.25, -0.2) is 0 Å². The third-order valence-electron chi connectivity index (χ3n) is 1.94. The average molecular weight is 246 g/mol. The smallest absolute Gasteiger partial charge is 0.104 e. The Labute approximate surface area is 101 Å². The first-order valence-corrected chi connectivity index (χ1v) is 6.29. The number of hydrogen-bond donors (Lipinski definition) is 0. The van der Waals surface area contributed by atoms with Crippen molar-refractivity contribution in [2.75, 3.05) is 6.26 Å². The fraction of sp³-hybridized carbons (Fsp3) is 0.545. The lowest BCUT2D eigenvalue weighted by atomic mass is 9.91. The summed E-state index contributed by atoms with van der Waals surface area (Å²) in [5.74, 6) is 0. The Morgan fingerprint density at radius 1 is 1.40 bits per heavy atom. The fourth-order valence-corrected chi connectivity index (χ4v) is 1.60. The van der Waals surface area contributed by atoms with E-state index in [9.17, 15) is 0 Å². The molecule has 0 amide bonds. The highest BCUT2D eigenvalue weighted by Crippen LogP contribution is 2.24. The Balaban J connectivity index is 2.95. The van der Waals surface area contributed by atoms with Crippen LogP contribution in [0, 0.1) is 0 Å². The van der Waals surface area contributed by atoms with Crippen molar-refractivity contribution in [1.82, 2.24) is 4.98 Å². The summed E-state index contributed by atoms with van der Waals surface area (Å²) in [4.78, 5) is 4.52. The van der Waals surface area contributed by atoms with Crippen LogP contribution in [0.25, 0.3) is 0 Å². The minimum absolute atomic E-state index is 0.0129. The maximum Gasteiger partial charge on any atom is 0.104 e. The first kappa shape index (κ1) is 12.8. The molecule has 1 aromatic heterocycles. The molecule has 15 heavy (non-hydrogen) atoms. The molecule has 0 atom stereocenters. The average Bonchev–Trinajstić information content (AvgIpc) is 2.12. The van der Waals surface area contributed by atoms with Crippen LogP contribution in [0.15, 0.2) is 12.1 Å². The van der Waals surface area contributed by atoms with Gasteiger partial charge in [0, 0.05) is 22.4 Å². The Hall–Kier alpha value is -0.250. The fourth-order valence-electron chi connectivity index (χ4n) is 1.13. The van der Waals surface area contributed by atoms with Crippen molar-refractivity contribution in [3.63, 3.8) is 0 Å². The van der Waals surface area contributed by atoms with E-state index in [1.165, 1.54) is 12.0 Å². The van der Waals surface area contributed by atoms with Crippen molar-refractivity contribution in [3.8, 4) is 0 Å². The van der Waals surface area contributed by atoms with Crippen molar-refractivity contribution < 1.29 is 4.18 Å². The highest BCUT2D eigenvalue weighted by Gasteiger charge is 2.16. The molecule has 0 N–H and O–H groups in total. The zero-order chi connectivity index (χ0) is 11.5. The highest BCUT2D eigenvalue weighted by molar-refractivity contribution is 7.93. The molecular formula is C11H16ClNOS. The van der Waals surface area contributed by atoms with Gasteiger partial charge in [0.15, 0.2) is 0 Å². The minimum atomic E-state index is 0.0129. The van der Waals surface area contributed by atoms with Gasteiger partial charge in [-0.3, -0.25) is 4.98 Å². The molecule has 84 valence electrons. The zero-order valence-electron chi connectivity index (χ0n) is 9.50. The molecule has 0 fully saturated rings. The molecule has 0 radical (unpaired) electrons. The largest absolute Gasteiger partial charge is 0.309 e. The summed E-state index contributed by atoms with van der Waals surface area (Å²) in [6.45, 7) is 6.84. The molecule has 0 unspecified atom stereocenters.